The summed E-state index contributed by atoms with van der Waals surface area (Å²) in [5, 5.41) is 18.4. The summed E-state index contributed by atoms with van der Waals surface area (Å²) in [5.74, 6) is 1.34. The number of thioether (sulfide) groups is 1. The molecule has 7 heteroatoms. The second-order valence-corrected chi connectivity index (χ2v) is 5.05. The summed E-state index contributed by atoms with van der Waals surface area (Å²) in [6.45, 7) is 0.705. The highest BCUT2D eigenvalue weighted by molar-refractivity contribution is 7.99. The summed E-state index contributed by atoms with van der Waals surface area (Å²) in [6, 6.07) is -0.703. The molecule has 2 aliphatic rings. The van der Waals surface area contributed by atoms with Gasteiger partial charge in [-0.2, -0.15) is 0 Å². The smallest absolute Gasteiger partial charge is 0.408 e. The van der Waals surface area contributed by atoms with E-state index < -0.39 is 18.2 Å². The van der Waals surface area contributed by atoms with Crippen LogP contribution >= 0.6 is 11.8 Å². The van der Waals surface area contributed by atoms with Gasteiger partial charge in [0.15, 0.2) is 0 Å². The van der Waals surface area contributed by atoms with Crippen LogP contribution < -0.4 is 0 Å². The number of likely N-dealkylation sites (tertiary alicyclic amines) is 1. The normalized spacial score (nSPS) is 29.8. The lowest BCUT2D eigenvalue weighted by molar-refractivity contribution is -0.134. The zero-order valence-electron chi connectivity index (χ0n) is 8.70. The molecule has 2 N–H and O–H groups in total. The number of β-amino-alcohol motifs (C(OH)–C–C–N with tert-alkyl or cyclic N) is 1. The molecule has 2 saturated heterocycles. The third-order valence-corrected chi connectivity index (χ3v) is 3.84. The van der Waals surface area contributed by atoms with Crippen LogP contribution in [0, 0.1) is 0 Å². The molecule has 0 bridgehead atoms. The molecule has 0 spiro atoms. The first-order valence-corrected chi connectivity index (χ1v) is 6.29. The van der Waals surface area contributed by atoms with E-state index in [-0.39, 0.29) is 18.9 Å². The first-order chi connectivity index (χ1) is 7.59. The molecular weight excluding hydrogens is 232 g/mol. The monoisotopic (exact) mass is 246 g/mol. The maximum Gasteiger partial charge on any atom is 0.408 e. The topological polar surface area (TPSA) is 81.1 Å². The van der Waals surface area contributed by atoms with Crippen molar-refractivity contribution in [1.82, 2.24) is 9.80 Å². The van der Waals surface area contributed by atoms with Gasteiger partial charge in [-0.3, -0.25) is 9.69 Å². The molecule has 2 aliphatic heterocycles. The van der Waals surface area contributed by atoms with Crippen LogP contribution in [0.15, 0.2) is 0 Å². The quantitative estimate of drug-likeness (QED) is 0.660. The zero-order chi connectivity index (χ0) is 11.7. The third kappa shape index (κ3) is 2.10. The Hall–Kier alpha value is -0.950. The Balaban J connectivity index is 2.06. The highest BCUT2D eigenvalue weighted by Gasteiger charge is 2.41. The van der Waals surface area contributed by atoms with Gasteiger partial charge in [0.2, 0.25) is 5.91 Å². The number of carbonyl (C=O) groups is 2. The van der Waals surface area contributed by atoms with Crippen LogP contribution in [-0.2, 0) is 4.79 Å². The van der Waals surface area contributed by atoms with Crippen molar-refractivity contribution >= 4 is 23.8 Å². The summed E-state index contributed by atoms with van der Waals surface area (Å²) < 4.78 is 0. The minimum Gasteiger partial charge on any atom is -0.465 e. The molecule has 2 amide bonds. The zero-order valence-corrected chi connectivity index (χ0v) is 9.52. The van der Waals surface area contributed by atoms with E-state index in [2.05, 4.69) is 0 Å². The molecule has 0 aromatic carbocycles. The minimum atomic E-state index is -1.14. The van der Waals surface area contributed by atoms with E-state index in [0.29, 0.717) is 12.4 Å². The molecule has 0 aliphatic carbocycles. The molecule has 0 saturated carbocycles. The van der Waals surface area contributed by atoms with Gasteiger partial charge >= 0.3 is 6.09 Å². The average molecular weight is 246 g/mol. The van der Waals surface area contributed by atoms with Gasteiger partial charge in [0, 0.05) is 18.7 Å². The fourth-order valence-electron chi connectivity index (χ4n) is 2.06. The Morgan fingerprint density at radius 1 is 1.38 bits per heavy atom. The maximum atomic E-state index is 12.0. The van der Waals surface area contributed by atoms with Crippen molar-refractivity contribution in [1.29, 1.82) is 0 Å². The van der Waals surface area contributed by atoms with E-state index in [0.717, 1.165) is 10.7 Å². The lowest BCUT2D eigenvalue weighted by Crippen LogP contribution is -2.46. The molecule has 90 valence electrons. The second-order valence-electron chi connectivity index (χ2n) is 3.98. The number of hydrogen-bond donors (Lipinski definition) is 2. The molecule has 0 radical (unpaired) electrons. The van der Waals surface area contributed by atoms with E-state index in [1.54, 1.807) is 16.7 Å². The van der Waals surface area contributed by atoms with Gasteiger partial charge in [0.1, 0.15) is 6.04 Å². The molecule has 2 fully saturated rings. The third-order valence-electron chi connectivity index (χ3n) is 2.87. The summed E-state index contributed by atoms with van der Waals surface area (Å²) in [6.07, 6.45) is -1.64. The van der Waals surface area contributed by atoms with Gasteiger partial charge in [-0.1, -0.05) is 0 Å². The van der Waals surface area contributed by atoms with Crippen molar-refractivity contribution in [3.63, 3.8) is 0 Å². The Morgan fingerprint density at radius 3 is 2.69 bits per heavy atom. The van der Waals surface area contributed by atoms with E-state index in [1.165, 1.54) is 0 Å². The highest BCUT2D eigenvalue weighted by atomic mass is 32.2. The standard InChI is InChI=1S/C9H14N2O4S/c12-6-3-7(11(4-6)9(14)15)8(13)10-1-2-16-5-10/h6-7,12H,1-5H2,(H,14,15)/t6?,7-/m0/s1. The van der Waals surface area contributed by atoms with Crippen LogP contribution in [0.2, 0.25) is 0 Å². The summed E-state index contributed by atoms with van der Waals surface area (Å²) in [7, 11) is 0. The molecule has 2 rings (SSSR count). The van der Waals surface area contributed by atoms with Crippen LogP contribution in [-0.4, -0.2) is 68.9 Å². The predicted molar refractivity (Wildman–Crippen MR) is 58.2 cm³/mol. The number of carbonyl (C=O) groups excluding carboxylic acids is 1. The van der Waals surface area contributed by atoms with Crippen LogP contribution in [0.25, 0.3) is 0 Å². The van der Waals surface area contributed by atoms with Crippen molar-refractivity contribution in [2.45, 2.75) is 18.6 Å². The van der Waals surface area contributed by atoms with Crippen molar-refractivity contribution in [2.24, 2.45) is 0 Å². The lowest BCUT2D eigenvalue weighted by atomic mass is 10.2. The van der Waals surface area contributed by atoms with Gasteiger partial charge in [-0.05, 0) is 0 Å². The highest BCUT2D eigenvalue weighted by Crippen LogP contribution is 2.23. The average Bonchev–Trinajstić information content (AvgIpc) is 2.84. The lowest BCUT2D eigenvalue weighted by Gasteiger charge is -2.24. The largest absolute Gasteiger partial charge is 0.465 e. The van der Waals surface area contributed by atoms with Crippen molar-refractivity contribution in [3.05, 3.63) is 0 Å². The number of aliphatic hydroxyl groups excluding tert-OH is 1. The van der Waals surface area contributed by atoms with Gasteiger partial charge in [0.05, 0.1) is 18.5 Å². The number of aliphatic hydroxyl groups is 1. The molecular formula is C9H14N2O4S. The fraction of sp³-hybridized carbons (Fsp3) is 0.778. The predicted octanol–water partition coefficient (Wildman–Crippen LogP) is -0.367. The first kappa shape index (κ1) is 11.5. The van der Waals surface area contributed by atoms with Crippen molar-refractivity contribution in [2.75, 3.05) is 24.7 Å². The molecule has 2 atom stereocenters. The molecule has 0 aromatic rings. The first-order valence-electron chi connectivity index (χ1n) is 5.13. The summed E-state index contributed by atoms with van der Waals surface area (Å²) >= 11 is 1.66. The molecule has 2 heterocycles. The van der Waals surface area contributed by atoms with Crippen LogP contribution in [0.5, 0.6) is 0 Å². The summed E-state index contributed by atoms with van der Waals surface area (Å²) in [4.78, 5) is 25.6. The van der Waals surface area contributed by atoms with E-state index in [9.17, 15) is 14.7 Å². The fourth-order valence-corrected chi connectivity index (χ4v) is 3.01. The number of amides is 2. The van der Waals surface area contributed by atoms with Crippen LogP contribution in [0.4, 0.5) is 4.79 Å². The SMILES string of the molecule is O=C([C@@H]1CC(O)CN1C(=O)O)N1CCSC1. The molecule has 1 unspecified atom stereocenters. The molecule has 6 nitrogen and oxygen atoms in total. The van der Waals surface area contributed by atoms with E-state index in [1.807, 2.05) is 0 Å². The van der Waals surface area contributed by atoms with Gasteiger partial charge < -0.3 is 15.1 Å². The van der Waals surface area contributed by atoms with Crippen molar-refractivity contribution < 1.29 is 19.8 Å². The van der Waals surface area contributed by atoms with E-state index in [4.69, 9.17) is 5.11 Å². The second kappa shape index (κ2) is 4.50. The minimum absolute atomic E-state index is 0.0344. The Morgan fingerprint density at radius 2 is 2.12 bits per heavy atom. The van der Waals surface area contributed by atoms with Crippen LogP contribution in [0.1, 0.15) is 6.42 Å². The molecule has 16 heavy (non-hydrogen) atoms. The van der Waals surface area contributed by atoms with Gasteiger partial charge in [-0.15, -0.1) is 11.8 Å². The van der Waals surface area contributed by atoms with Crippen LogP contribution in [0.3, 0.4) is 0 Å². The summed E-state index contributed by atoms with van der Waals surface area (Å²) in [5.41, 5.74) is 0. The Kier molecular flexibility index (Phi) is 3.25. The van der Waals surface area contributed by atoms with Crippen molar-refractivity contribution in [3.8, 4) is 0 Å². The maximum absolute atomic E-state index is 12.0. The number of carboxylic acid groups (broad SMARTS) is 1. The Bertz CT molecular complexity index is 306. The number of hydrogen-bond acceptors (Lipinski definition) is 4. The van der Waals surface area contributed by atoms with Gasteiger partial charge in [-0.25, -0.2) is 4.79 Å². The number of nitrogens with zero attached hydrogens (tertiary/aromatic N) is 2. The van der Waals surface area contributed by atoms with Gasteiger partial charge in [0.25, 0.3) is 0 Å². The Labute approximate surface area is 97.2 Å². The number of rotatable bonds is 1. The molecule has 0 aromatic heterocycles. The van der Waals surface area contributed by atoms with E-state index >= 15 is 0 Å².